The first-order valence-electron chi connectivity index (χ1n) is 4.08. The normalized spacial score (nSPS) is 11.6. The van der Waals surface area contributed by atoms with Crippen LogP contribution in [0.25, 0.3) is 0 Å². The Morgan fingerprint density at radius 2 is 2.29 bits per heavy atom. The van der Waals surface area contributed by atoms with Gasteiger partial charge in [0.05, 0.1) is 10.7 Å². The summed E-state index contributed by atoms with van der Waals surface area (Å²) in [7, 11) is 0. The molecule has 0 heterocycles. The van der Waals surface area contributed by atoms with Crippen LogP contribution in [0.3, 0.4) is 0 Å². The van der Waals surface area contributed by atoms with E-state index in [9.17, 15) is 4.39 Å². The first kappa shape index (κ1) is 11.3. The predicted molar refractivity (Wildman–Crippen MR) is 59.5 cm³/mol. The second kappa shape index (κ2) is 5.23. The molecule has 0 atom stereocenters. The smallest absolute Gasteiger partial charge is 0.125 e. The zero-order valence-corrected chi connectivity index (χ0v) is 9.16. The molecule has 1 aromatic rings. The van der Waals surface area contributed by atoms with Gasteiger partial charge in [0.1, 0.15) is 5.82 Å². The molecule has 0 spiro atoms. The molecule has 0 saturated heterocycles. The van der Waals surface area contributed by atoms with Crippen molar-refractivity contribution < 1.29 is 4.39 Å². The first-order chi connectivity index (χ1) is 6.63. The van der Waals surface area contributed by atoms with Gasteiger partial charge in [-0.25, -0.2) is 4.39 Å². The average molecular weight is 234 g/mol. The first-order valence-corrected chi connectivity index (χ1v) is 4.89. The Balaban J connectivity index is 2.71. The third-order valence-corrected chi connectivity index (χ3v) is 2.37. The minimum absolute atomic E-state index is 0.315. The van der Waals surface area contributed by atoms with Gasteiger partial charge in [-0.15, -0.1) is 0 Å². The summed E-state index contributed by atoms with van der Waals surface area (Å²) < 4.78 is 12.8. The van der Waals surface area contributed by atoms with Gasteiger partial charge in [-0.05, 0) is 30.7 Å². The molecule has 0 aliphatic carbocycles. The number of hydrogen-bond donors (Lipinski definition) is 1. The van der Waals surface area contributed by atoms with Crippen molar-refractivity contribution in [2.45, 2.75) is 6.92 Å². The molecule has 0 unspecified atom stereocenters. The van der Waals surface area contributed by atoms with Crippen LogP contribution < -0.4 is 5.32 Å². The molecule has 0 aliphatic rings. The minimum Gasteiger partial charge on any atom is -0.380 e. The van der Waals surface area contributed by atoms with E-state index in [1.54, 1.807) is 0 Å². The van der Waals surface area contributed by atoms with Crippen LogP contribution in [0.15, 0.2) is 29.3 Å². The molecule has 0 bridgehead atoms. The van der Waals surface area contributed by atoms with E-state index in [1.165, 1.54) is 23.7 Å². The highest BCUT2D eigenvalue weighted by molar-refractivity contribution is 6.33. The molecule has 0 aromatic heterocycles. The van der Waals surface area contributed by atoms with Crippen molar-refractivity contribution in [1.82, 2.24) is 0 Å². The third-order valence-electron chi connectivity index (χ3n) is 1.67. The number of rotatable bonds is 3. The summed E-state index contributed by atoms with van der Waals surface area (Å²) in [4.78, 5) is 0. The molecule has 76 valence electrons. The zero-order valence-electron chi connectivity index (χ0n) is 7.65. The molecule has 4 heteroatoms. The lowest BCUT2D eigenvalue weighted by Gasteiger charge is -2.07. The van der Waals surface area contributed by atoms with Crippen molar-refractivity contribution in [1.29, 1.82) is 0 Å². The molecule has 0 radical (unpaired) electrons. The molecule has 0 fully saturated rings. The fraction of sp³-hybridized carbons (Fsp3) is 0.200. The third kappa shape index (κ3) is 3.20. The molecule has 1 aromatic carbocycles. The molecular weight excluding hydrogens is 224 g/mol. The fourth-order valence-electron chi connectivity index (χ4n) is 0.906. The quantitative estimate of drug-likeness (QED) is 0.832. The van der Waals surface area contributed by atoms with Gasteiger partial charge in [0.25, 0.3) is 0 Å². The van der Waals surface area contributed by atoms with E-state index >= 15 is 0 Å². The second-order valence-corrected chi connectivity index (χ2v) is 3.56. The van der Waals surface area contributed by atoms with E-state index in [0.717, 1.165) is 5.57 Å². The second-order valence-electron chi connectivity index (χ2n) is 2.93. The van der Waals surface area contributed by atoms with Crippen LogP contribution in [0, 0.1) is 5.82 Å². The Labute approximate surface area is 92.5 Å². The van der Waals surface area contributed by atoms with Crippen molar-refractivity contribution in [3.05, 3.63) is 40.1 Å². The maximum Gasteiger partial charge on any atom is 0.125 e. The average Bonchev–Trinajstić information content (AvgIpc) is 2.19. The van der Waals surface area contributed by atoms with Crippen LogP contribution in [0.4, 0.5) is 10.1 Å². The molecule has 14 heavy (non-hydrogen) atoms. The van der Waals surface area contributed by atoms with Gasteiger partial charge in [-0.3, -0.25) is 0 Å². The standard InChI is InChI=1S/C10H10Cl2FN/c1-7(5-11)6-14-10-4-8(13)2-3-9(10)12/h2-5,14H,6H2,1H3/b7-5-. The van der Waals surface area contributed by atoms with Crippen LogP contribution in [-0.2, 0) is 0 Å². The van der Waals surface area contributed by atoms with Crippen molar-refractivity contribution in [2.24, 2.45) is 0 Å². The molecular formula is C10H10Cl2FN. The lowest BCUT2D eigenvalue weighted by atomic mass is 10.3. The van der Waals surface area contributed by atoms with E-state index < -0.39 is 0 Å². The van der Waals surface area contributed by atoms with Gasteiger partial charge in [-0.2, -0.15) is 0 Å². The van der Waals surface area contributed by atoms with Crippen LogP contribution in [0.5, 0.6) is 0 Å². The number of halogens is 3. The number of nitrogens with one attached hydrogen (secondary N) is 1. The highest BCUT2D eigenvalue weighted by Crippen LogP contribution is 2.22. The van der Waals surface area contributed by atoms with E-state index in [-0.39, 0.29) is 5.82 Å². The molecule has 1 N–H and O–H groups in total. The van der Waals surface area contributed by atoms with Gasteiger partial charge in [0.2, 0.25) is 0 Å². The van der Waals surface area contributed by atoms with Gasteiger partial charge in [0.15, 0.2) is 0 Å². The van der Waals surface area contributed by atoms with E-state index in [1.807, 2.05) is 6.92 Å². The van der Waals surface area contributed by atoms with Crippen LogP contribution in [0.1, 0.15) is 6.92 Å². The SMILES string of the molecule is C/C(=C/Cl)CNc1cc(F)ccc1Cl. The highest BCUT2D eigenvalue weighted by atomic mass is 35.5. The Morgan fingerprint density at radius 3 is 2.93 bits per heavy atom. The minimum atomic E-state index is -0.315. The van der Waals surface area contributed by atoms with Crippen molar-refractivity contribution in [3.63, 3.8) is 0 Å². The summed E-state index contributed by atoms with van der Waals surface area (Å²) in [5.41, 5.74) is 3.00. The highest BCUT2D eigenvalue weighted by Gasteiger charge is 2.00. The van der Waals surface area contributed by atoms with Gasteiger partial charge >= 0.3 is 0 Å². The lowest BCUT2D eigenvalue weighted by Crippen LogP contribution is -2.03. The Kier molecular flexibility index (Phi) is 4.23. The summed E-state index contributed by atoms with van der Waals surface area (Å²) in [6.07, 6.45) is 0. The maximum absolute atomic E-state index is 12.8. The number of benzene rings is 1. The number of anilines is 1. The zero-order chi connectivity index (χ0) is 10.6. The van der Waals surface area contributed by atoms with E-state index in [0.29, 0.717) is 17.3 Å². The fourth-order valence-corrected chi connectivity index (χ4v) is 1.17. The van der Waals surface area contributed by atoms with E-state index in [2.05, 4.69) is 5.32 Å². The Hall–Kier alpha value is -0.730. The molecule has 0 saturated carbocycles. The summed E-state index contributed by atoms with van der Waals surface area (Å²) >= 11 is 11.3. The van der Waals surface area contributed by atoms with Gasteiger partial charge in [0, 0.05) is 12.1 Å². The van der Waals surface area contributed by atoms with Crippen molar-refractivity contribution in [3.8, 4) is 0 Å². The van der Waals surface area contributed by atoms with Crippen LogP contribution >= 0.6 is 23.2 Å². The van der Waals surface area contributed by atoms with Crippen LogP contribution in [0.2, 0.25) is 5.02 Å². The monoisotopic (exact) mass is 233 g/mol. The topological polar surface area (TPSA) is 12.0 Å². The van der Waals surface area contributed by atoms with Gasteiger partial charge in [-0.1, -0.05) is 23.2 Å². The summed E-state index contributed by atoms with van der Waals surface area (Å²) in [5, 5.41) is 3.47. The van der Waals surface area contributed by atoms with Crippen molar-refractivity contribution in [2.75, 3.05) is 11.9 Å². The molecule has 1 rings (SSSR count). The molecule has 1 nitrogen and oxygen atoms in total. The van der Waals surface area contributed by atoms with E-state index in [4.69, 9.17) is 23.2 Å². The maximum atomic E-state index is 12.8. The Morgan fingerprint density at radius 1 is 1.57 bits per heavy atom. The van der Waals surface area contributed by atoms with Crippen LogP contribution in [-0.4, -0.2) is 6.54 Å². The summed E-state index contributed by atoms with van der Waals surface area (Å²) in [5.74, 6) is -0.315. The summed E-state index contributed by atoms with van der Waals surface area (Å²) in [6, 6.07) is 4.18. The lowest BCUT2D eigenvalue weighted by molar-refractivity contribution is 0.628. The largest absolute Gasteiger partial charge is 0.380 e. The molecule has 0 amide bonds. The molecule has 0 aliphatic heterocycles. The summed E-state index contributed by atoms with van der Waals surface area (Å²) in [6.45, 7) is 2.42. The predicted octanol–water partition coefficient (Wildman–Crippen LogP) is 4.03. The number of hydrogen-bond acceptors (Lipinski definition) is 1. The Bertz CT molecular complexity index is 350. The van der Waals surface area contributed by atoms with Gasteiger partial charge < -0.3 is 5.32 Å². The van der Waals surface area contributed by atoms with Crippen molar-refractivity contribution >= 4 is 28.9 Å².